The number of rotatable bonds is 21. The zero-order valence-corrected chi connectivity index (χ0v) is 36.5. The van der Waals surface area contributed by atoms with E-state index in [1.807, 2.05) is 19.1 Å². The number of phenolic OH excluding ortho intramolecular Hbond substituents is 2. The molecule has 17 nitrogen and oxygen atoms in total. The summed E-state index contributed by atoms with van der Waals surface area (Å²) in [4.78, 5) is 25.8. The van der Waals surface area contributed by atoms with E-state index < -0.39 is 104 Å². The number of benzene rings is 1. The minimum Gasteiger partial charge on any atom is -0.508 e. The molecule has 354 valence electrons. The molecule has 4 rings (SSSR count). The molecule has 64 heavy (non-hydrogen) atoms. The lowest BCUT2D eigenvalue weighted by Gasteiger charge is -2.50. The van der Waals surface area contributed by atoms with Gasteiger partial charge >= 0.3 is 11.9 Å². The maximum atomic E-state index is 13.4. The van der Waals surface area contributed by atoms with Gasteiger partial charge in [0.25, 0.3) is 0 Å². The van der Waals surface area contributed by atoms with Gasteiger partial charge in [0, 0.05) is 18.2 Å². The number of hydrogen-bond donors (Lipinski definition) is 9. The second-order valence-electron chi connectivity index (χ2n) is 16.0. The van der Waals surface area contributed by atoms with E-state index in [0.29, 0.717) is 12.3 Å². The van der Waals surface area contributed by atoms with Crippen molar-refractivity contribution in [3.05, 3.63) is 108 Å². The Kier molecular flexibility index (Phi) is 20.6. The average molecular weight is 901 g/mol. The molecule has 1 aromatic carbocycles. The van der Waals surface area contributed by atoms with Crippen LogP contribution in [0.15, 0.2) is 96.7 Å². The van der Waals surface area contributed by atoms with Crippen LogP contribution in [-0.4, -0.2) is 138 Å². The molecule has 2 saturated heterocycles. The average Bonchev–Trinajstić information content (AvgIpc) is 3.64. The van der Waals surface area contributed by atoms with E-state index in [2.05, 4.69) is 19.9 Å². The molecule has 0 aromatic heterocycles. The van der Waals surface area contributed by atoms with Crippen molar-refractivity contribution in [1.29, 1.82) is 0 Å². The zero-order chi connectivity index (χ0) is 47.0. The van der Waals surface area contributed by atoms with Gasteiger partial charge in [0.15, 0.2) is 18.5 Å². The summed E-state index contributed by atoms with van der Waals surface area (Å²) in [7, 11) is 0. The zero-order valence-electron chi connectivity index (χ0n) is 36.5. The standard InChI is InChI=1S/C47H64O17/c1-5-28(3)17-11-9-12-18-29(4)33(51)20-14-10-16-22-38(54)62-44-43(35(25-48)64-47(45(44)58)39-30(26-60-47)23-32(50)24-34(39)52)63-46-42(57)41(56)40(55)36(61-46)27-59-37(53)21-15-8-7-13-19-31(49)6-2/h7-10,12-16,18-19,21-24,28,31,33,35-36,40-46,48-52,55-58H,5-6,11,17,20,25-27H2,1-4H3/b8-7+,12-9+,14-10+,19-13+,21-15+,22-16+,29-18+/t28?,31?,33?,35-,36-,40+,41+,42-,43-,44+,45-,46+,47?/m1/s1. The number of aliphatic hydroxyl groups excluding tert-OH is 7. The Bertz CT molecular complexity index is 1890. The first-order valence-corrected chi connectivity index (χ1v) is 21.5. The number of ether oxygens (including phenoxy) is 6. The summed E-state index contributed by atoms with van der Waals surface area (Å²) < 4.78 is 34.6. The first-order valence-electron chi connectivity index (χ1n) is 21.5. The van der Waals surface area contributed by atoms with Crippen molar-refractivity contribution < 1.29 is 84.0 Å². The van der Waals surface area contributed by atoms with Gasteiger partial charge in [-0.1, -0.05) is 94.0 Å². The van der Waals surface area contributed by atoms with Gasteiger partial charge in [-0.05, 0) is 55.7 Å². The fraction of sp³-hybridized carbons (Fsp3) is 0.532. The molecule has 0 amide bonds. The number of carbonyl (C=O) groups is 2. The lowest BCUT2D eigenvalue weighted by molar-refractivity contribution is -0.395. The monoisotopic (exact) mass is 900 g/mol. The first kappa shape index (κ1) is 52.1. The molecule has 1 spiro atoms. The highest BCUT2D eigenvalue weighted by Gasteiger charge is 2.63. The topological polar surface area (TPSA) is 272 Å². The first-order chi connectivity index (χ1) is 30.6. The van der Waals surface area contributed by atoms with Crippen molar-refractivity contribution >= 4 is 11.9 Å². The Morgan fingerprint density at radius 1 is 0.875 bits per heavy atom. The summed E-state index contributed by atoms with van der Waals surface area (Å²) in [5.74, 6) is -4.40. The van der Waals surface area contributed by atoms with Crippen LogP contribution in [0.25, 0.3) is 0 Å². The van der Waals surface area contributed by atoms with Crippen molar-refractivity contribution in [3.8, 4) is 11.5 Å². The predicted molar refractivity (Wildman–Crippen MR) is 231 cm³/mol. The van der Waals surface area contributed by atoms with Crippen molar-refractivity contribution in [2.75, 3.05) is 13.2 Å². The second kappa shape index (κ2) is 25.3. The smallest absolute Gasteiger partial charge is 0.331 e. The highest BCUT2D eigenvalue weighted by molar-refractivity contribution is 5.82. The van der Waals surface area contributed by atoms with Crippen molar-refractivity contribution in [2.24, 2.45) is 5.92 Å². The molecule has 3 aliphatic rings. The Morgan fingerprint density at radius 2 is 1.59 bits per heavy atom. The van der Waals surface area contributed by atoms with E-state index in [1.54, 1.807) is 31.2 Å². The third kappa shape index (κ3) is 14.0. The van der Waals surface area contributed by atoms with Crippen LogP contribution < -0.4 is 0 Å². The van der Waals surface area contributed by atoms with E-state index >= 15 is 0 Å². The van der Waals surface area contributed by atoms with Gasteiger partial charge in [0.05, 0.1) is 31.0 Å². The molecule has 3 heterocycles. The molecule has 0 bridgehead atoms. The van der Waals surface area contributed by atoms with Gasteiger partial charge < -0.3 is 74.4 Å². The van der Waals surface area contributed by atoms with Gasteiger partial charge in [0.2, 0.25) is 5.79 Å². The SMILES string of the molecule is CCC(O)/C=C/C=C/C=C/C(=O)OC[C@H]1O[C@@H](O[C@H]2[C@H](OC(=O)/C=C/C=C/CC(O)/C(C)=C/C=C/CCC(C)CC)[C@@H](O)C3(OCc4cc(O)cc(O)c43)O[C@@H]2CO)[C@H](O)[C@@H](O)[C@H]1O. The Labute approximate surface area is 373 Å². The van der Waals surface area contributed by atoms with Crippen molar-refractivity contribution in [3.63, 3.8) is 0 Å². The van der Waals surface area contributed by atoms with Crippen LogP contribution in [0.1, 0.15) is 70.9 Å². The van der Waals surface area contributed by atoms with Gasteiger partial charge in [-0.2, -0.15) is 0 Å². The summed E-state index contributed by atoms with van der Waals surface area (Å²) >= 11 is 0. The number of aromatic hydroxyl groups is 2. The summed E-state index contributed by atoms with van der Waals surface area (Å²) in [6.45, 7) is 6.16. The number of aliphatic hydroxyl groups is 7. The van der Waals surface area contributed by atoms with E-state index in [0.717, 1.165) is 43.1 Å². The summed E-state index contributed by atoms with van der Waals surface area (Å²) in [5, 5.41) is 96.3. The maximum absolute atomic E-state index is 13.4. The van der Waals surface area contributed by atoms with Gasteiger partial charge in [-0.3, -0.25) is 0 Å². The van der Waals surface area contributed by atoms with Crippen LogP contribution in [0.3, 0.4) is 0 Å². The molecular formula is C47H64O17. The summed E-state index contributed by atoms with van der Waals surface area (Å²) in [6, 6.07) is 2.25. The maximum Gasteiger partial charge on any atom is 0.331 e. The molecule has 0 saturated carbocycles. The van der Waals surface area contributed by atoms with Crippen molar-refractivity contribution in [1.82, 2.24) is 0 Å². The van der Waals surface area contributed by atoms with Crippen LogP contribution >= 0.6 is 0 Å². The Hall–Kier alpha value is -4.50. The predicted octanol–water partition coefficient (Wildman–Crippen LogP) is 2.81. The summed E-state index contributed by atoms with van der Waals surface area (Å²) in [6.07, 6.45) is 6.33. The number of phenols is 2. The molecule has 17 heteroatoms. The quantitative estimate of drug-likeness (QED) is 0.0488. The third-order valence-corrected chi connectivity index (χ3v) is 11.2. The molecule has 0 aliphatic carbocycles. The van der Waals surface area contributed by atoms with E-state index in [9.17, 15) is 55.5 Å². The molecule has 2 fully saturated rings. The van der Waals surface area contributed by atoms with Gasteiger partial charge in [0.1, 0.15) is 54.7 Å². The summed E-state index contributed by atoms with van der Waals surface area (Å²) in [5.41, 5.74) is 0.834. The molecule has 4 unspecified atom stereocenters. The number of esters is 2. The second-order valence-corrected chi connectivity index (χ2v) is 16.0. The minimum absolute atomic E-state index is 0.121. The number of carbonyl (C=O) groups excluding carboxylic acids is 2. The van der Waals surface area contributed by atoms with Crippen LogP contribution in [-0.2, 0) is 50.4 Å². The van der Waals surface area contributed by atoms with Crippen LogP contribution in [0, 0.1) is 5.92 Å². The van der Waals surface area contributed by atoms with Gasteiger partial charge in [-0.25, -0.2) is 9.59 Å². The Balaban J connectivity index is 1.51. The highest BCUT2D eigenvalue weighted by atomic mass is 16.8. The van der Waals surface area contributed by atoms with Gasteiger partial charge in [-0.15, -0.1) is 0 Å². The minimum atomic E-state index is -2.28. The normalized spacial score (nSPS) is 30.4. The lowest BCUT2D eigenvalue weighted by Crippen LogP contribution is -2.67. The van der Waals surface area contributed by atoms with E-state index in [1.165, 1.54) is 30.4 Å². The molecule has 9 N–H and O–H groups in total. The number of allylic oxidation sites excluding steroid dienone is 9. The van der Waals surface area contributed by atoms with E-state index in [4.69, 9.17) is 28.4 Å². The molecule has 0 radical (unpaired) electrons. The largest absolute Gasteiger partial charge is 0.508 e. The van der Waals surface area contributed by atoms with E-state index in [-0.39, 0.29) is 29.9 Å². The Morgan fingerprint density at radius 3 is 2.31 bits per heavy atom. The number of hydrogen-bond acceptors (Lipinski definition) is 17. The molecule has 3 aliphatic heterocycles. The van der Waals surface area contributed by atoms with Crippen molar-refractivity contribution in [2.45, 2.75) is 140 Å². The highest BCUT2D eigenvalue weighted by Crippen LogP contribution is 2.51. The lowest BCUT2D eigenvalue weighted by atomic mass is 9.86. The van der Waals surface area contributed by atoms with Crippen LogP contribution in [0.4, 0.5) is 0 Å². The molecular weight excluding hydrogens is 837 g/mol. The molecule has 13 atom stereocenters. The third-order valence-electron chi connectivity index (χ3n) is 11.2. The number of fused-ring (bicyclic) bond motifs is 2. The molecule has 1 aromatic rings. The fourth-order valence-corrected chi connectivity index (χ4v) is 7.09. The fourth-order valence-electron chi connectivity index (χ4n) is 7.09. The van der Waals surface area contributed by atoms with Crippen LogP contribution in [0.2, 0.25) is 0 Å². The van der Waals surface area contributed by atoms with Crippen LogP contribution in [0.5, 0.6) is 11.5 Å².